The Balaban J connectivity index is 1.87. The van der Waals surface area contributed by atoms with Gasteiger partial charge in [0.25, 0.3) is 0 Å². The molecule has 0 aromatic heterocycles. The summed E-state index contributed by atoms with van der Waals surface area (Å²) in [4.78, 5) is 0. The molecule has 0 amide bonds. The van der Waals surface area contributed by atoms with Crippen LogP contribution in [0.2, 0.25) is 15.1 Å². The Morgan fingerprint density at radius 3 is 2.05 bits per heavy atom. The zero-order valence-electron chi connectivity index (χ0n) is 11.0. The van der Waals surface area contributed by atoms with Crippen molar-refractivity contribution in [1.29, 1.82) is 0 Å². The van der Waals surface area contributed by atoms with E-state index in [1.807, 2.05) is 31.2 Å². The number of halogens is 3. The molecule has 0 radical (unpaired) electrons. The summed E-state index contributed by atoms with van der Waals surface area (Å²) in [6.45, 7) is 3.52. The second-order valence-electron chi connectivity index (χ2n) is 4.44. The summed E-state index contributed by atoms with van der Waals surface area (Å²) in [6.07, 6.45) is 0. The highest BCUT2D eigenvalue weighted by molar-refractivity contribution is 6.35. The van der Waals surface area contributed by atoms with Crippen LogP contribution in [-0.2, 0) is 0 Å². The lowest BCUT2D eigenvalue weighted by atomic mass is 10.2. The molecule has 0 fully saturated rings. The van der Waals surface area contributed by atoms with Crippen LogP contribution < -0.4 is 10.6 Å². The van der Waals surface area contributed by atoms with Crippen LogP contribution in [-0.4, -0.2) is 13.1 Å². The minimum Gasteiger partial charge on any atom is -0.383 e. The van der Waals surface area contributed by atoms with E-state index in [4.69, 9.17) is 34.8 Å². The van der Waals surface area contributed by atoms with Crippen molar-refractivity contribution in [1.82, 2.24) is 0 Å². The summed E-state index contributed by atoms with van der Waals surface area (Å²) in [6, 6.07) is 11.2. The van der Waals surface area contributed by atoms with Gasteiger partial charge >= 0.3 is 0 Å². The van der Waals surface area contributed by atoms with E-state index < -0.39 is 0 Å². The third kappa shape index (κ3) is 4.20. The molecule has 0 saturated carbocycles. The van der Waals surface area contributed by atoms with Crippen LogP contribution in [0.5, 0.6) is 0 Å². The molecule has 2 N–H and O–H groups in total. The lowest BCUT2D eigenvalue weighted by Gasteiger charge is -2.12. The quantitative estimate of drug-likeness (QED) is 0.710. The van der Waals surface area contributed by atoms with Crippen molar-refractivity contribution in [2.75, 3.05) is 23.7 Å². The molecule has 2 rings (SSSR count). The Morgan fingerprint density at radius 1 is 0.800 bits per heavy atom. The third-order valence-corrected chi connectivity index (χ3v) is 3.68. The fraction of sp³-hybridized carbons (Fsp3) is 0.200. The van der Waals surface area contributed by atoms with Gasteiger partial charge in [0.05, 0.1) is 10.7 Å². The molecule has 2 aromatic rings. The van der Waals surface area contributed by atoms with Gasteiger partial charge in [0, 0.05) is 28.8 Å². The van der Waals surface area contributed by atoms with Crippen molar-refractivity contribution in [3.05, 3.63) is 57.0 Å². The summed E-state index contributed by atoms with van der Waals surface area (Å²) in [5.74, 6) is 0. The molecule has 20 heavy (non-hydrogen) atoms. The summed E-state index contributed by atoms with van der Waals surface area (Å²) in [7, 11) is 0. The maximum absolute atomic E-state index is 6.08. The molecule has 0 saturated heterocycles. The Morgan fingerprint density at radius 2 is 1.35 bits per heavy atom. The normalized spacial score (nSPS) is 10.4. The van der Waals surface area contributed by atoms with Crippen molar-refractivity contribution in [3.8, 4) is 0 Å². The van der Waals surface area contributed by atoms with E-state index in [9.17, 15) is 0 Å². The van der Waals surface area contributed by atoms with Crippen LogP contribution in [0.1, 0.15) is 5.56 Å². The first-order chi connectivity index (χ1) is 9.56. The number of anilines is 2. The first-order valence-electron chi connectivity index (χ1n) is 6.25. The largest absolute Gasteiger partial charge is 0.383 e. The average molecular weight is 330 g/mol. The van der Waals surface area contributed by atoms with E-state index in [2.05, 4.69) is 10.6 Å². The number of hydrogen-bond donors (Lipinski definition) is 2. The zero-order chi connectivity index (χ0) is 14.5. The molecule has 0 heterocycles. The molecule has 106 valence electrons. The van der Waals surface area contributed by atoms with Gasteiger partial charge in [0.2, 0.25) is 0 Å². The van der Waals surface area contributed by atoms with E-state index in [0.29, 0.717) is 10.0 Å². The number of benzene rings is 2. The molecule has 2 aromatic carbocycles. The van der Waals surface area contributed by atoms with Crippen molar-refractivity contribution < 1.29 is 0 Å². The molecule has 0 spiro atoms. The van der Waals surface area contributed by atoms with Gasteiger partial charge in [-0.3, -0.25) is 0 Å². The van der Waals surface area contributed by atoms with Gasteiger partial charge in [-0.2, -0.15) is 0 Å². The fourth-order valence-electron chi connectivity index (χ4n) is 1.81. The van der Waals surface area contributed by atoms with Crippen LogP contribution in [0.3, 0.4) is 0 Å². The summed E-state index contributed by atoms with van der Waals surface area (Å²) >= 11 is 18.0. The van der Waals surface area contributed by atoms with Crippen LogP contribution in [0.4, 0.5) is 11.4 Å². The lowest BCUT2D eigenvalue weighted by Crippen LogP contribution is -2.14. The van der Waals surface area contributed by atoms with Gasteiger partial charge in [-0.25, -0.2) is 0 Å². The molecule has 2 nitrogen and oxygen atoms in total. The predicted octanol–water partition coefficient (Wildman–Crippen LogP) is 5.48. The third-order valence-electron chi connectivity index (χ3n) is 2.88. The highest BCUT2D eigenvalue weighted by Gasteiger charge is 2.01. The van der Waals surface area contributed by atoms with Gasteiger partial charge in [-0.05, 0) is 42.8 Å². The number of aryl methyl sites for hydroxylation is 1. The Labute approximate surface area is 134 Å². The molecule has 0 atom stereocenters. The topological polar surface area (TPSA) is 24.1 Å². The summed E-state index contributed by atoms with van der Waals surface area (Å²) in [5.41, 5.74) is 3.04. The molecule has 0 aliphatic heterocycles. The Bertz CT molecular complexity index is 546. The van der Waals surface area contributed by atoms with Crippen LogP contribution in [0.25, 0.3) is 0 Å². The SMILES string of the molecule is Cc1ccc(Cl)cc1NCCNc1cc(Cl)ccc1Cl. The second-order valence-corrected chi connectivity index (χ2v) is 5.72. The van der Waals surface area contributed by atoms with Gasteiger partial charge in [-0.15, -0.1) is 0 Å². The monoisotopic (exact) mass is 328 g/mol. The number of nitrogens with one attached hydrogen (secondary N) is 2. The van der Waals surface area contributed by atoms with E-state index in [1.165, 1.54) is 0 Å². The van der Waals surface area contributed by atoms with Gasteiger partial charge < -0.3 is 10.6 Å². The Kier molecular flexibility index (Phi) is 5.41. The minimum absolute atomic E-state index is 0.660. The molecular weight excluding hydrogens is 315 g/mol. The average Bonchev–Trinajstić information content (AvgIpc) is 2.42. The number of rotatable bonds is 5. The zero-order valence-corrected chi connectivity index (χ0v) is 13.3. The maximum atomic E-state index is 6.08. The van der Waals surface area contributed by atoms with E-state index in [0.717, 1.165) is 35.1 Å². The molecule has 0 unspecified atom stereocenters. The predicted molar refractivity (Wildman–Crippen MR) is 89.6 cm³/mol. The molecule has 0 bridgehead atoms. The maximum Gasteiger partial charge on any atom is 0.0638 e. The van der Waals surface area contributed by atoms with Gasteiger partial charge in [0.1, 0.15) is 0 Å². The fourth-order valence-corrected chi connectivity index (χ4v) is 2.34. The lowest BCUT2D eigenvalue weighted by molar-refractivity contribution is 1.07. The van der Waals surface area contributed by atoms with Crippen molar-refractivity contribution in [3.63, 3.8) is 0 Å². The minimum atomic E-state index is 0.660. The molecule has 5 heteroatoms. The second kappa shape index (κ2) is 7.07. The molecule has 0 aliphatic carbocycles. The van der Waals surface area contributed by atoms with E-state index in [1.54, 1.807) is 12.1 Å². The smallest absolute Gasteiger partial charge is 0.0638 e. The highest BCUT2D eigenvalue weighted by Crippen LogP contribution is 2.25. The Hall–Kier alpha value is -1.09. The van der Waals surface area contributed by atoms with Crippen LogP contribution in [0, 0.1) is 6.92 Å². The number of hydrogen-bond acceptors (Lipinski definition) is 2. The highest BCUT2D eigenvalue weighted by atomic mass is 35.5. The molecule has 0 aliphatic rings. The van der Waals surface area contributed by atoms with Crippen LogP contribution >= 0.6 is 34.8 Å². The summed E-state index contributed by atoms with van der Waals surface area (Å²) < 4.78 is 0. The van der Waals surface area contributed by atoms with Crippen molar-refractivity contribution >= 4 is 46.2 Å². The summed E-state index contributed by atoms with van der Waals surface area (Å²) in [5, 5.41) is 8.63. The van der Waals surface area contributed by atoms with Gasteiger partial charge in [-0.1, -0.05) is 40.9 Å². The van der Waals surface area contributed by atoms with E-state index in [-0.39, 0.29) is 0 Å². The molecular formula is C15H15Cl3N2. The van der Waals surface area contributed by atoms with Crippen molar-refractivity contribution in [2.45, 2.75) is 6.92 Å². The first kappa shape index (κ1) is 15.3. The standard InChI is InChI=1S/C15H15Cl3N2/c1-10-2-3-11(16)8-14(10)19-6-7-20-15-9-12(17)4-5-13(15)18/h2-5,8-9,19-20H,6-7H2,1H3. The van der Waals surface area contributed by atoms with Crippen LogP contribution in [0.15, 0.2) is 36.4 Å². The van der Waals surface area contributed by atoms with Crippen molar-refractivity contribution in [2.24, 2.45) is 0 Å². The van der Waals surface area contributed by atoms with E-state index >= 15 is 0 Å². The first-order valence-corrected chi connectivity index (χ1v) is 7.38. The van der Waals surface area contributed by atoms with Gasteiger partial charge in [0.15, 0.2) is 0 Å².